The minimum absolute atomic E-state index is 0.0386. The van der Waals surface area contributed by atoms with Gasteiger partial charge in [0.15, 0.2) is 17.3 Å². The number of nitro groups is 1. The lowest BCUT2D eigenvalue weighted by Crippen LogP contribution is -2.25. The second-order valence-corrected chi connectivity index (χ2v) is 4.92. The van der Waals surface area contributed by atoms with E-state index in [1.54, 1.807) is 6.07 Å². The third-order valence-corrected chi connectivity index (χ3v) is 3.19. The number of carbonyl (C=O) groups excluding carboxylic acids is 1. The van der Waals surface area contributed by atoms with Crippen LogP contribution in [0, 0.1) is 10.1 Å². The minimum atomic E-state index is -3.02. The fourth-order valence-electron chi connectivity index (χ4n) is 2.08. The van der Waals surface area contributed by atoms with Crippen LogP contribution in [0.2, 0.25) is 0 Å². The van der Waals surface area contributed by atoms with Crippen LogP contribution in [0.3, 0.4) is 0 Å². The summed E-state index contributed by atoms with van der Waals surface area (Å²) in [5.74, 6) is -1.38. The summed E-state index contributed by atoms with van der Waals surface area (Å²) in [4.78, 5) is 23.3. The molecule has 8 nitrogen and oxygen atoms in total. The van der Waals surface area contributed by atoms with Crippen molar-refractivity contribution in [3.63, 3.8) is 0 Å². The second-order valence-electron chi connectivity index (χ2n) is 4.92. The van der Waals surface area contributed by atoms with Gasteiger partial charge < -0.3 is 18.8 Å². The summed E-state index contributed by atoms with van der Waals surface area (Å²) in [5, 5.41) is 10.6. The Kier molecular flexibility index (Phi) is 5.52. The molecule has 1 aromatic carbocycles. The van der Waals surface area contributed by atoms with Gasteiger partial charge in [0.2, 0.25) is 0 Å². The van der Waals surface area contributed by atoms with E-state index in [9.17, 15) is 23.7 Å². The van der Waals surface area contributed by atoms with Crippen LogP contribution < -0.4 is 9.47 Å². The monoisotopic (exact) mass is 356 g/mol. The molecule has 0 fully saturated rings. The number of rotatable bonds is 7. The highest BCUT2D eigenvalue weighted by atomic mass is 19.3. The number of nitrogens with zero attached hydrogens (tertiary/aromatic N) is 2. The van der Waals surface area contributed by atoms with Crippen molar-refractivity contribution in [2.45, 2.75) is 13.2 Å². The first-order valence-electron chi connectivity index (χ1n) is 6.93. The quantitative estimate of drug-likeness (QED) is 0.559. The average molecular weight is 356 g/mol. The molecule has 0 spiro atoms. The molecule has 2 rings (SSSR count). The molecule has 0 aliphatic carbocycles. The van der Waals surface area contributed by atoms with Crippen LogP contribution in [0.15, 0.2) is 34.7 Å². The predicted molar refractivity (Wildman–Crippen MR) is 80.8 cm³/mol. The molecule has 2 aromatic rings. The van der Waals surface area contributed by atoms with Crippen LogP contribution in [0.5, 0.6) is 11.5 Å². The van der Waals surface area contributed by atoms with Crippen molar-refractivity contribution in [3.8, 4) is 11.5 Å². The van der Waals surface area contributed by atoms with Gasteiger partial charge in [0.05, 0.1) is 13.2 Å². The first kappa shape index (κ1) is 18.2. The lowest BCUT2D eigenvalue weighted by molar-refractivity contribution is -0.402. The van der Waals surface area contributed by atoms with Gasteiger partial charge in [0.1, 0.15) is 4.92 Å². The molecule has 0 saturated heterocycles. The predicted octanol–water partition coefficient (Wildman–Crippen LogP) is 3.07. The van der Waals surface area contributed by atoms with E-state index in [4.69, 9.17) is 9.15 Å². The summed E-state index contributed by atoms with van der Waals surface area (Å²) in [7, 11) is 2.75. The van der Waals surface area contributed by atoms with Gasteiger partial charge >= 0.3 is 12.5 Å². The van der Waals surface area contributed by atoms with Gasteiger partial charge in [-0.05, 0) is 23.8 Å². The maximum absolute atomic E-state index is 12.4. The number of methoxy groups -OCH3 is 1. The number of carbonyl (C=O) groups is 1. The zero-order valence-electron chi connectivity index (χ0n) is 13.3. The highest BCUT2D eigenvalue weighted by Crippen LogP contribution is 2.30. The molecular formula is C15H14F2N2O6. The summed E-state index contributed by atoms with van der Waals surface area (Å²) < 4.78 is 39.0. The summed E-state index contributed by atoms with van der Waals surface area (Å²) >= 11 is 0. The third kappa shape index (κ3) is 4.43. The molecule has 0 radical (unpaired) electrons. The molecule has 0 aliphatic heterocycles. The molecule has 1 heterocycles. The number of amides is 1. The second kappa shape index (κ2) is 7.60. The molecule has 1 aromatic heterocycles. The Balaban J connectivity index is 2.14. The van der Waals surface area contributed by atoms with E-state index in [2.05, 4.69) is 4.74 Å². The van der Waals surface area contributed by atoms with Crippen molar-refractivity contribution in [3.05, 3.63) is 51.8 Å². The third-order valence-electron chi connectivity index (χ3n) is 3.19. The van der Waals surface area contributed by atoms with Crippen LogP contribution in [0.1, 0.15) is 16.1 Å². The van der Waals surface area contributed by atoms with Crippen molar-refractivity contribution in [2.24, 2.45) is 0 Å². The van der Waals surface area contributed by atoms with Crippen LogP contribution >= 0.6 is 0 Å². The van der Waals surface area contributed by atoms with E-state index in [0.717, 1.165) is 6.07 Å². The molecule has 134 valence electrons. The molecule has 0 saturated carbocycles. The standard InChI is InChI=1S/C15H14F2N2O6/c1-18(14(20)11-5-6-13(24-11)19(21)22)8-9-3-4-10(23-2)12(7-9)25-15(16)17/h3-7,15H,8H2,1-2H3. The summed E-state index contributed by atoms with van der Waals surface area (Å²) in [6.45, 7) is -2.98. The van der Waals surface area contributed by atoms with Gasteiger partial charge in [-0.15, -0.1) is 0 Å². The summed E-state index contributed by atoms with van der Waals surface area (Å²) in [5.41, 5.74) is 0.494. The van der Waals surface area contributed by atoms with E-state index in [0.29, 0.717) is 5.56 Å². The van der Waals surface area contributed by atoms with E-state index in [-0.39, 0.29) is 23.8 Å². The number of hydrogen-bond donors (Lipinski definition) is 0. The zero-order chi connectivity index (χ0) is 18.6. The first-order valence-corrected chi connectivity index (χ1v) is 6.93. The SMILES string of the molecule is COc1ccc(CN(C)C(=O)c2ccc([N+](=O)[O-])o2)cc1OC(F)F. The topological polar surface area (TPSA) is 95.0 Å². The van der Waals surface area contributed by atoms with Crippen LogP contribution in [-0.2, 0) is 6.54 Å². The highest BCUT2D eigenvalue weighted by Gasteiger charge is 2.21. The van der Waals surface area contributed by atoms with Crippen LogP contribution in [-0.4, -0.2) is 36.5 Å². The fraction of sp³-hybridized carbons (Fsp3) is 0.267. The Bertz CT molecular complexity index is 777. The molecule has 0 bridgehead atoms. The van der Waals surface area contributed by atoms with Crippen LogP contribution in [0.4, 0.5) is 14.7 Å². The largest absolute Gasteiger partial charge is 0.493 e. The van der Waals surface area contributed by atoms with Crippen molar-refractivity contribution in [1.29, 1.82) is 0 Å². The van der Waals surface area contributed by atoms with Gasteiger partial charge in [-0.25, -0.2) is 0 Å². The van der Waals surface area contributed by atoms with E-state index >= 15 is 0 Å². The number of hydrogen-bond acceptors (Lipinski definition) is 6. The number of halogens is 2. The van der Waals surface area contributed by atoms with E-state index in [1.807, 2.05) is 0 Å². The number of furan rings is 1. The molecule has 0 unspecified atom stereocenters. The lowest BCUT2D eigenvalue weighted by atomic mass is 10.2. The number of benzene rings is 1. The average Bonchev–Trinajstić information content (AvgIpc) is 3.04. The van der Waals surface area contributed by atoms with Crippen molar-refractivity contribution in [2.75, 3.05) is 14.2 Å². The van der Waals surface area contributed by atoms with Crippen molar-refractivity contribution < 1.29 is 32.4 Å². The Morgan fingerprint density at radius 1 is 1.32 bits per heavy atom. The molecule has 0 N–H and O–H groups in total. The highest BCUT2D eigenvalue weighted by molar-refractivity contribution is 5.91. The molecule has 25 heavy (non-hydrogen) atoms. The van der Waals surface area contributed by atoms with E-state index in [1.165, 1.54) is 37.3 Å². The summed E-state index contributed by atoms with van der Waals surface area (Å²) in [6.07, 6.45) is 0. The van der Waals surface area contributed by atoms with Crippen molar-refractivity contribution in [1.82, 2.24) is 4.90 Å². The van der Waals surface area contributed by atoms with Gasteiger partial charge in [-0.3, -0.25) is 14.9 Å². The number of ether oxygens (including phenoxy) is 2. The smallest absolute Gasteiger partial charge is 0.433 e. The maximum Gasteiger partial charge on any atom is 0.433 e. The van der Waals surface area contributed by atoms with Gasteiger partial charge in [-0.2, -0.15) is 8.78 Å². The maximum atomic E-state index is 12.4. The molecule has 1 amide bonds. The van der Waals surface area contributed by atoms with Crippen molar-refractivity contribution >= 4 is 11.8 Å². The Morgan fingerprint density at radius 3 is 2.60 bits per heavy atom. The molecule has 0 aliphatic rings. The van der Waals surface area contributed by atoms with Gasteiger partial charge in [0, 0.05) is 13.6 Å². The Morgan fingerprint density at radius 2 is 2.04 bits per heavy atom. The normalized spacial score (nSPS) is 10.6. The Labute approximate surface area is 140 Å². The van der Waals surface area contributed by atoms with E-state index < -0.39 is 23.3 Å². The molecule has 10 heteroatoms. The number of alkyl halides is 2. The molecule has 0 atom stereocenters. The van der Waals surface area contributed by atoms with Gasteiger partial charge in [0.25, 0.3) is 5.91 Å². The lowest BCUT2D eigenvalue weighted by Gasteiger charge is -2.17. The fourth-order valence-corrected chi connectivity index (χ4v) is 2.08. The van der Waals surface area contributed by atoms with Gasteiger partial charge in [-0.1, -0.05) is 6.07 Å². The first-order chi connectivity index (χ1) is 11.8. The zero-order valence-corrected chi connectivity index (χ0v) is 13.3. The van der Waals surface area contributed by atoms with Crippen LogP contribution in [0.25, 0.3) is 0 Å². The minimum Gasteiger partial charge on any atom is -0.493 e. The Hall–Kier alpha value is -3.17. The molecular weight excluding hydrogens is 342 g/mol. The summed E-state index contributed by atoms with van der Waals surface area (Å²) in [6, 6.07) is 6.59.